The Hall–Kier alpha value is -0.670. The summed E-state index contributed by atoms with van der Waals surface area (Å²) >= 11 is 8.03. The van der Waals surface area contributed by atoms with Crippen molar-refractivity contribution < 1.29 is 4.79 Å². The van der Waals surface area contributed by atoms with Crippen LogP contribution in [0.1, 0.15) is 30.1 Å². The number of carbonyl (C=O) groups is 1. The van der Waals surface area contributed by atoms with Crippen molar-refractivity contribution in [2.45, 2.75) is 24.5 Å². The van der Waals surface area contributed by atoms with Crippen molar-refractivity contribution in [1.29, 1.82) is 0 Å². The number of nitrogens with one attached hydrogen (secondary N) is 3. The van der Waals surface area contributed by atoms with E-state index in [9.17, 15) is 4.79 Å². The van der Waals surface area contributed by atoms with Crippen molar-refractivity contribution in [2.75, 3.05) is 32.4 Å². The molecule has 0 radical (unpaired) electrons. The molecular weight excluding hydrogens is 471 g/mol. The van der Waals surface area contributed by atoms with Crippen LogP contribution in [-0.2, 0) is 0 Å². The Morgan fingerprint density at radius 2 is 2.00 bits per heavy atom. The lowest BCUT2D eigenvalue weighted by Crippen LogP contribution is -2.45. The Kier molecular flexibility index (Phi) is 9.96. The zero-order valence-corrected chi connectivity index (χ0v) is 18.5. The molecule has 140 valence electrons. The average Bonchev–Trinajstić information content (AvgIpc) is 3.01. The first kappa shape index (κ1) is 22.4. The van der Waals surface area contributed by atoms with Gasteiger partial charge >= 0.3 is 0 Å². The van der Waals surface area contributed by atoms with E-state index in [0.29, 0.717) is 23.7 Å². The highest BCUT2D eigenvalue weighted by Crippen LogP contribution is 2.36. The van der Waals surface area contributed by atoms with Gasteiger partial charge in [0.05, 0.1) is 10.6 Å². The third-order valence-electron chi connectivity index (χ3n) is 3.98. The maximum atomic E-state index is 12.0. The highest BCUT2D eigenvalue weighted by Gasteiger charge is 2.29. The second-order valence-corrected chi connectivity index (χ2v) is 8.08. The lowest BCUT2D eigenvalue weighted by molar-refractivity contribution is 0.0954. The van der Waals surface area contributed by atoms with E-state index in [4.69, 9.17) is 11.6 Å². The molecule has 2 rings (SSSR count). The minimum absolute atomic E-state index is 0. The number of carbonyl (C=O) groups excluding carboxylic acids is 1. The van der Waals surface area contributed by atoms with Crippen molar-refractivity contribution in [2.24, 2.45) is 4.99 Å². The fourth-order valence-corrected chi connectivity index (χ4v) is 4.03. The predicted molar refractivity (Wildman–Crippen MR) is 119 cm³/mol. The molecule has 3 N–H and O–H groups in total. The lowest BCUT2D eigenvalue weighted by Gasteiger charge is -2.24. The number of guanidine groups is 1. The highest BCUT2D eigenvalue weighted by molar-refractivity contribution is 14.0. The van der Waals surface area contributed by atoms with Gasteiger partial charge in [-0.15, -0.1) is 24.0 Å². The summed E-state index contributed by atoms with van der Waals surface area (Å²) in [6.07, 6.45) is 2.51. The van der Waals surface area contributed by atoms with Crippen LogP contribution in [0, 0.1) is 0 Å². The zero-order valence-electron chi connectivity index (χ0n) is 14.6. The maximum Gasteiger partial charge on any atom is 0.252 e. The normalized spacial score (nSPS) is 19.9. The van der Waals surface area contributed by atoms with Gasteiger partial charge in [0.2, 0.25) is 0 Å². The van der Waals surface area contributed by atoms with Crippen LogP contribution in [0.15, 0.2) is 29.3 Å². The number of aliphatic imine (C=N–C) groups is 1. The summed E-state index contributed by atoms with van der Waals surface area (Å²) in [4.78, 5) is 16.3. The van der Waals surface area contributed by atoms with Gasteiger partial charge in [0, 0.05) is 31.4 Å². The molecule has 25 heavy (non-hydrogen) atoms. The minimum Gasteiger partial charge on any atom is -0.355 e. The van der Waals surface area contributed by atoms with Crippen LogP contribution in [0.2, 0.25) is 5.02 Å². The van der Waals surface area contributed by atoms with E-state index in [1.54, 1.807) is 31.3 Å². The highest BCUT2D eigenvalue weighted by atomic mass is 127. The summed E-state index contributed by atoms with van der Waals surface area (Å²) in [6, 6.07) is 7.03. The fraction of sp³-hybridized carbons (Fsp3) is 0.529. The molecule has 1 atom stereocenters. The molecule has 1 unspecified atom stereocenters. The van der Waals surface area contributed by atoms with E-state index < -0.39 is 0 Å². The van der Waals surface area contributed by atoms with E-state index in [1.807, 2.05) is 11.8 Å². The van der Waals surface area contributed by atoms with Gasteiger partial charge < -0.3 is 16.0 Å². The summed E-state index contributed by atoms with van der Waals surface area (Å²) < 4.78 is 0.288. The van der Waals surface area contributed by atoms with E-state index in [-0.39, 0.29) is 34.6 Å². The van der Waals surface area contributed by atoms with Gasteiger partial charge in [0.1, 0.15) is 0 Å². The monoisotopic (exact) mass is 496 g/mol. The topological polar surface area (TPSA) is 65.5 Å². The number of amides is 1. The fourth-order valence-electron chi connectivity index (χ4n) is 2.57. The zero-order chi connectivity index (χ0) is 17.4. The molecule has 0 spiro atoms. The second kappa shape index (κ2) is 11.1. The van der Waals surface area contributed by atoms with Gasteiger partial charge in [-0.25, -0.2) is 0 Å². The van der Waals surface area contributed by atoms with Crippen molar-refractivity contribution >= 4 is 59.2 Å². The Labute approximate surface area is 176 Å². The van der Waals surface area contributed by atoms with Gasteiger partial charge in [0.25, 0.3) is 5.91 Å². The van der Waals surface area contributed by atoms with Crippen LogP contribution in [0.25, 0.3) is 0 Å². The predicted octanol–water partition coefficient (Wildman–Crippen LogP) is 3.14. The molecule has 1 aromatic rings. The number of halogens is 2. The average molecular weight is 497 g/mol. The Balaban J connectivity index is 0.00000312. The molecule has 1 saturated heterocycles. The van der Waals surface area contributed by atoms with Gasteiger partial charge in [-0.2, -0.15) is 11.8 Å². The number of nitrogens with zero attached hydrogens (tertiary/aromatic N) is 1. The largest absolute Gasteiger partial charge is 0.355 e. The maximum absolute atomic E-state index is 12.0. The lowest BCUT2D eigenvalue weighted by atomic mass is 10.1. The quantitative estimate of drug-likeness (QED) is 0.245. The summed E-state index contributed by atoms with van der Waals surface area (Å²) in [5, 5.41) is 9.89. The Morgan fingerprint density at radius 3 is 2.64 bits per heavy atom. The van der Waals surface area contributed by atoms with Crippen LogP contribution < -0.4 is 16.0 Å². The van der Waals surface area contributed by atoms with Crippen molar-refractivity contribution in [3.8, 4) is 0 Å². The molecule has 1 aliphatic rings. The molecule has 1 aliphatic heterocycles. The van der Waals surface area contributed by atoms with Gasteiger partial charge in [-0.3, -0.25) is 9.79 Å². The van der Waals surface area contributed by atoms with E-state index in [1.165, 1.54) is 18.6 Å². The summed E-state index contributed by atoms with van der Waals surface area (Å²) in [6.45, 7) is 4.27. The molecule has 1 fully saturated rings. The Morgan fingerprint density at radius 1 is 1.28 bits per heavy atom. The summed E-state index contributed by atoms with van der Waals surface area (Å²) in [7, 11) is 1.75. The van der Waals surface area contributed by atoms with E-state index in [0.717, 1.165) is 12.5 Å². The van der Waals surface area contributed by atoms with Crippen LogP contribution in [0.4, 0.5) is 0 Å². The van der Waals surface area contributed by atoms with E-state index >= 15 is 0 Å². The molecule has 0 aliphatic carbocycles. The third-order valence-corrected chi connectivity index (χ3v) is 5.84. The van der Waals surface area contributed by atoms with Gasteiger partial charge in [-0.05, 0) is 37.7 Å². The number of hydrogen-bond donors (Lipinski definition) is 3. The SMILES string of the molecule is CN=C(NCCNC(=O)c1ccccc1Cl)NCC1(C)CCCS1.I. The third kappa shape index (κ3) is 7.22. The van der Waals surface area contributed by atoms with Gasteiger partial charge in [0.15, 0.2) is 5.96 Å². The van der Waals surface area contributed by atoms with E-state index in [2.05, 4.69) is 27.9 Å². The molecule has 1 heterocycles. The first-order chi connectivity index (χ1) is 11.5. The number of thioether (sulfide) groups is 1. The molecular formula is C17H26ClIN4OS. The number of hydrogen-bond acceptors (Lipinski definition) is 3. The van der Waals surface area contributed by atoms with Crippen LogP contribution in [0.3, 0.4) is 0 Å². The first-order valence-corrected chi connectivity index (χ1v) is 9.52. The van der Waals surface area contributed by atoms with Gasteiger partial charge in [-0.1, -0.05) is 23.7 Å². The molecule has 8 heteroatoms. The molecule has 1 amide bonds. The molecule has 0 aromatic heterocycles. The molecule has 0 saturated carbocycles. The standard InChI is InChI=1S/C17H25ClN4OS.HI/c1-17(8-5-11-24-17)12-22-16(19-2)21-10-9-20-15(23)13-6-3-4-7-14(13)18;/h3-4,6-7H,5,8-12H2,1-2H3,(H,20,23)(H2,19,21,22);1H. The Bertz CT molecular complexity index is 594. The molecule has 0 bridgehead atoms. The number of rotatable bonds is 6. The van der Waals surface area contributed by atoms with Crippen molar-refractivity contribution in [3.05, 3.63) is 34.9 Å². The first-order valence-electron chi connectivity index (χ1n) is 8.15. The smallest absolute Gasteiger partial charge is 0.252 e. The molecule has 5 nitrogen and oxygen atoms in total. The van der Waals surface area contributed by atoms with Crippen LogP contribution in [0.5, 0.6) is 0 Å². The molecule has 1 aromatic carbocycles. The number of benzene rings is 1. The summed E-state index contributed by atoms with van der Waals surface area (Å²) in [5.74, 6) is 1.83. The second-order valence-electron chi connectivity index (χ2n) is 5.99. The van der Waals surface area contributed by atoms with Crippen molar-refractivity contribution in [1.82, 2.24) is 16.0 Å². The van der Waals surface area contributed by atoms with Crippen molar-refractivity contribution in [3.63, 3.8) is 0 Å². The van der Waals surface area contributed by atoms with Crippen LogP contribution >= 0.6 is 47.3 Å². The minimum atomic E-state index is -0.166. The van der Waals surface area contributed by atoms with Crippen LogP contribution in [-0.4, -0.2) is 49.0 Å². The summed E-state index contributed by atoms with van der Waals surface area (Å²) in [5.41, 5.74) is 0.493.